The molecule has 1 aliphatic heterocycles. The zero-order chi connectivity index (χ0) is 13.2. The van der Waals surface area contributed by atoms with Crippen molar-refractivity contribution in [2.45, 2.75) is 25.3 Å². The Morgan fingerprint density at radius 3 is 2.63 bits per heavy atom. The minimum absolute atomic E-state index is 0.173. The molecule has 4 heteroatoms. The minimum Gasteiger partial charge on any atom is -0.508 e. The number of benzene rings is 1. The van der Waals surface area contributed by atoms with Crippen LogP contribution < -0.4 is 5.32 Å². The molecule has 2 aliphatic rings. The van der Waals surface area contributed by atoms with Crippen molar-refractivity contribution < 1.29 is 9.50 Å². The van der Waals surface area contributed by atoms with Crippen LogP contribution in [0.3, 0.4) is 0 Å². The lowest BCUT2D eigenvalue weighted by Crippen LogP contribution is -2.47. The Kier molecular flexibility index (Phi) is 3.71. The van der Waals surface area contributed by atoms with E-state index in [9.17, 15) is 9.50 Å². The van der Waals surface area contributed by atoms with Gasteiger partial charge in [0.15, 0.2) is 0 Å². The molecule has 0 bridgehead atoms. The quantitative estimate of drug-likeness (QED) is 0.879. The van der Waals surface area contributed by atoms with Crippen LogP contribution in [-0.2, 0) is 0 Å². The number of phenolic OH excluding ortho intramolecular Hbond substituents is 1. The molecule has 1 saturated carbocycles. The fraction of sp³-hybridized carbons (Fsp3) is 0.600. The maximum Gasteiger partial charge on any atom is 0.123 e. The fourth-order valence-electron chi connectivity index (χ4n) is 3.23. The van der Waals surface area contributed by atoms with Crippen molar-refractivity contribution >= 4 is 0 Å². The van der Waals surface area contributed by atoms with Crippen molar-refractivity contribution in [3.05, 3.63) is 29.6 Å². The zero-order valence-electron chi connectivity index (χ0n) is 11.1. The van der Waals surface area contributed by atoms with Gasteiger partial charge >= 0.3 is 0 Å². The fourth-order valence-corrected chi connectivity index (χ4v) is 3.23. The standard InChI is InChI=1S/C15H21FN2O/c16-12-4-5-14(19)13(10-12)15(11-2-1-3-11)18-8-6-17-7-9-18/h4-5,10-11,15,17,19H,1-3,6-9H2/t15-/m0/s1. The van der Waals surface area contributed by atoms with Crippen LogP contribution >= 0.6 is 0 Å². The van der Waals surface area contributed by atoms with Gasteiger partial charge in [0.1, 0.15) is 11.6 Å². The molecule has 2 N–H and O–H groups in total. The van der Waals surface area contributed by atoms with Crippen LogP contribution in [-0.4, -0.2) is 36.2 Å². The minimum atomic E-state index is -0.257. The van der Waals surface area contributed by atoms with Crippen LogP contribution in [0, 0.1) is 11.7 Å². The number of hydrogen-bond donors (Lipinski definition) is 2. The van der Waals surface area contributed by atoms with Crippen LogP contribution in [0.15, 0.2) is 18.2 Å². The summed E-state index contributed by atoms with van der Waals surface area (Å²) in [7, 11) is 0. The third kappa shape index (κ3) is 2.60. The van der Waals surface area contributed by atoms with Crippen molar-refractivity contribution in [3.8, 4) is 5.75 Å². The Morgan fingerprint density at radius 2 is 2.00 bits per heavy atom. The number of nitrogens with zero attached hydrogens (tertiary/aromatic N) is 1. The number of nitrogens with one attached hydrogen (secondary N) is 1. The summed E-state index contributed by atoms with van der Waals surface area (Å²) in [5, 5.41) is 13.4. The van der Waals surface area contributed by atoms with Gasteiger partial charge < -0.3 is 10.4 Å². The molecule has 1 heterocycles. The van der Waals surface area contributed by atoms with Gasteiger partial charge in [0.25, 0.3) is 0 Å². The van der Waals surface area contributed by atoms with Crippen molar-refractivity contribution in [3.63, 3.8) is 0 Å². The lowest BCUT2D eigenvalue weighted by atomic mass is 9.76. The maximum atomic E-state index is 13.5. The van der Waals surface area contributed by atoms with Gasteiger partial charge in [-0.2, -0.15) is 0 Å². The normalized spacial score (nSPS) is 23.0. The Hall–Kier alpha value is -1.13. The first-order chi connectivity index (χ1) is 9.25. The van der Waals surface area contributed by atoms with Gasteiger partial charge in [0, 0.05) is 37.8 Å². The Balaban J connectivity index is 1.90. The summed E-state index contributed by atoms with van der Waals surface area (Å²) in [6.07, 6.45) is 3.62. The van der Waals surface area contributed by atoms with E-state index in [1.807, 2.05) is 0 Å². The van der Waals surface area contributed by atoms with E-state index in [1.165, 1.54) is 37.5 Å². The highest BCUT2D eigenvalue weighted by molar-refractivity contribution is 5.36. The topological polar surface area (TPSA) is 35.5 Å². The highest BCUT2D eigenvalue weighted by atomic mass is 19.1. The first-order valence-corrected chi connectivity index (χ1v) is 7.19. The average molecular weight is 264 g/mol. The number of rotatable bonds is 3. The summed E-state index contributed by atoms with van der Waals surface area (Å²) in [5.74, 6) is 0.537. The lowest BCUT2D eigenvalue weighted by Gasteiger charge is -2.43. The average Bonchev–Trinajstić information content (AvgIpc) is 2.38. The van der Waals surface area contributed by atoms with E-state index < -0.39 is 0 Å². The predicted octanol–water partition coefficient (Wildman–Crippen LogP) is 2.28. The van der Waals surface area contributed by atoms with Crippen molar-refractivity contribution in [1.82, 2.24) is 10.2 Å². The van der Waals surface area contributed by atoms with E-state index in [2.05, 4.69) is 10.2 Å². The molecule has 1 aromatic rings. The largest absolute Gasteiger partial charge is 0.508 e. The van der Waals surface area contributed by atoms with Gasteiger partial charge in [-0.15, -0.1) is 0 Å². The van der Waals surface area contributed by atoms with E-state index >= 15 is 0 Å². The van der Waals surface area contributed by atoms with Crippen molar-refractivity contribution in [2.75, 3.05) is 26.2 Å². The molecule has 104 valence electrons. The second-order valence-electron chi connectivity index (χ2n) is 5.62. The molecular formula is C15H21FN2O. The molecule has 19 heavy (non-hydrogen) atoms. The summed E-state index contributed by atoms with van der Waals surface area (Å²) < 4.78 is 13.5. The molecular weight excluding hydrogens is 243 g/mol. The van der Waals surface area contributed by atoms with Crippen molar-refractivity contribution in [1.29, 1.82) is 0 Å². The molecule has 0 unspecified atom stereocenters. The number of hydrogen-bond acceptors (Lipinski definition) is 3. The van der Waals surface area contributed by atoms with Crippen LogP contribution in [0.2, 0.25) is 0 Å². The van der Waals surface area contributed by atoms with Gasteiger partial charge in [-0.05, 0) is 37.0 Å². The second kappa shape index (κ2) is 5.47. The first-order valence-electron chi connectivity index (χ1n) is 7.19. The molecule has 3 nitrogen and oxygen atoms in total. The maximum absolute atomic E-state index is 13.5. The summed E-state index contributed by atoms with van der Waals surface area (Å²) >= 11 is 0. The summed E-state index contributed by atoms with van der Waals surface area (Å²) in [6.45, 7) is 3.88. The van der Waals surface area contributed by atoms with E-state index in [4.69, 9.17) is 0 Å². The summed E-state index contributed by atoms with van der Waals surface area (Å²) in [5.41, 5.74) is 0.770. The van der Waals surface area contributed by atoms with Gasteiger partial charge in [-0.1, -0.05) is 6.42 Å². The molecule has 1 aromatic carbocycles. The summed E-state index contributed by atoms with van der Waals surface area (Å²) in [6, 6.07) is 4.50. The third-order valence-electron chi connectivity index (χ3n) is 4.45. The third-order valence-corrected chi connectivity index (χ3v) is 4.45. The van der Waals surface area contributed by atoms with Crippen LogP contribution in [0.1, 0.15) is 30.9 Å². The predicted molar refractivity (Wildman–Crippen MR) is 72.6 cm³/mol. The summed E-state index contributed by atoms with van der Waals surface area (Å²) in [4.78, 5) is 2.40. The smallest absolute Gasteiger partial charge is 0.123 e. The number of phenols is 1. The van der Waals surface area contributed by atoms with Gasteiger partial charge in [-0.25, -0.2) is 4.39 Å². The van der Waals surface area contributed by atoms with Gasteiger partial charge in [0.2, 0.25) is 0 Å². The Labute approximate surface area is 113 Å². The Bertz CT molecular complexity index is 442. The molecule has 1 aliphatic carbocycles. The molecule has 0 radical (unpaired) electrons. The number of halogens is 1. The SMILES string of the molecule is Oc1ccc(F)cc1[C@H](C1CCC1)N1CCNCC1. The molecule has 0 aromatic heterocycles. The highest BCUT2D eigenvalue weighted by Gasteiger charge is 2.35. The van der Waals surface area contributed by atoms with E-state index in [0.29, 0.717) is 5.92 Å². The Morgan fingerprint density at radius 1 is 1.26 bits per heavy atom. The molecule has 0 spiro atoms. The number of aromatic hydroxyl groups is 1. The highest BCUT2D eigenvalue weighted by Crippen LogP contribution is 2.44. The molecule has 3 rings (SSSR count). The van der Waals surface area contributed by atoms with Crippen molar-refractivity contribution in [2.24, 2.45) is 5.92 Å². The molecule has 1 saturated heterocycles. The van der Waals surface area contributed by atoms with E-state index in [1.54, 1.807) is 0 Å². The number of piperazine rings is 1. The van der Waals surface area contributed by atoms with Gasteiger partial charge in [0.05, 0.1) is 0 Å². The lowest BCUT2D eigenvalue weighted by molar-refractivity contribution is 0.0817. The molecule has 1 atom stereocenters. The van der Waals surface area contributed by atoms with Crippen LogP contribution in [0.25, 0.3) is 0 Å². The van der Waals surface area contributed by atoms with Crippen LogP contribution in [0.4, 0.5) is 4.39 Å². The molecule has 2 fully saturated rings. The first kappa shape index (κ1) is 12.9. The van der Waals surface area contributed by atoms with E-state index in [0.717, 1.165) is 31.7 Å². The van der Waals surface area contributed by atoms with Gasteiger partial charge in [-0.3, -0.25) is 4.90 Å². The van der Waals surface area contributed by atoms with E-state index in [-0.39, 0.29) is 17.6 Å². The second-order valence-corrected chi connectivity index (χ2v) is 5.62. The van der Waals surface area contributed by atoms with Crippen LogP contribution in [0.5, 0.6) is 5.75 Å². The zero-order valence-corrected chi connectivity index (χ0v) is 11.1. The molecule has 0 amide bonds. The monoisotopic (exact) mass is 264 g/mol.